The summed E-state index contributed by atoms with van der Waals surface area (Å²) in [6, 6.07) is 8.34. The summed E-state index contributed by atoms with van der Waals surface area (Å²) < 4.78 is 22.2. The zero-order chi connectivity index (χ0) is 27.5. The molecule has 0 aromatic heterocycles. The maximum absolute atomic E-state index is 14.6. The summed E-state index contributed by atoms with van der Waals surface area (Å²) in [4.78, 5) is 41.7. The van der Waals surface area contributed by atoms with Crippen LogP contribution in [0.1, 0.15) is 42.1 Å². The van der Waals surface area contributed by atoms with Gasteiger partial charge in [0.1, 0.15) is 22.1 Å². The van der Waals surface area contributed by atoms with Crippen molar-refractivity contribution in [1.82, 2.24) is 5.32 Å². The van der Waals surface area contributed by atoms with Crippen LogP contribution in [0.2, 0.25) is 10.0 Å². The summed E-state index contributed by atoms with van der Waals surface area (Å²) in [5, 5.41) is 3.79. The smallest absolute Gasteiger partial charge is 0.336 e. The normalized spacial score (nSPS) is 24.1. The molecule has 2 aliphatic heterocycles. The number of hydrogen-bond donors (Lipinski definition) is 1. The quantitative estimate of drug-likeness (QED) is 0.413. The lowest BCUT2D eigenvalue weighted by atomic mass is 9.65. The summed E-state index contributed by atoms with van der Waals surface area (Å²) in [5.41, 5.74) is 0.481. The molecule has 8 nitrogen and oxygen atoms in total. The Labute approximate surface area is 229 Å². The van der Waals surface area contributed by atoms with Crippen molar-refractivity contribution in [3.8, 4) is 17.2 Å². The molecule has 2 heterocycles. The van der Waals surface area contributed by atoms with Crippen molar-refractivity contribution in [1.29, 1.82) is 0 Å². The van der Waals surface area contributed by atoms with Crippen molar-refractivity contribution in [3.05, 3.63) is 74.0 Å². The number of methoxy groups -OCH3 is 3. The van der Waals surface area contributed by atoms with E-state index in [0.29, 0.717) is 28.4 Å². The highest BCUT2D eigenvalue weighted by molar-refractivity contribution is 6.36. The summed E-state index contributed by atoms with van der Waals surface area (Å²) in [5.74, 6) is -2.66. The Morgan fingerprint density at radius 1 is 1.05 bits per heavy atom. The standard InChI is InChI=1S/C28H25Cl2NO7/c1-12-10-16-21(20(14-6-8-15(29)9-7-14)19(13(2)31-16)27(34)37-5)25(32)28(12)26(33)22-17(35-3)11-18(36-4)23(30)24(22)38-28/h6-9,11-12,20,31H,10H2,1-5H3/t12-,20?,28+/m1/s1. The maximum Gasteiger partial charge on any atom is 0.336 e. The zero-order valence-electron chi connectivity index (χ0n) is 21.4. The Bertz CT molecular complexity index is 1460. The van der Waals surface area contributed by atoms with Crippen LogP contribution in [0.4, 0.5) is 0 Å². The molecular formula is C28H25Cl2NO7. The Morgan fingerprint density at radius 2 is 1.71 bits per heavy atom. The van der Waals surface area contributed by atoms with Crippen molar-refractivity contribution in [2.75, 3.05) is 21.3 Å². The van der Waals surface area contributed by atoms with Crippen molar-refractivity contribution < 1.29 is 33.3 Å². The Balaban J connectivity index is 1.71. The molecule has 0 bridgehead atoms. The number of carbonyl (C=O) groups is 3. The summed E-state index contributed by atoms with van der Waals surface area (Å²) in [6.07, 6.45) is 0.299. The first-order chi connectivity index (χ1) is 18.1. The lowest BCUT2D eigenvalue weighted by Crippen LogP contribution is -2.58. The maximum atomic E-state index is 14.6. The number of ether oxygens (including phenoxy) is 4. The van der Waals surface area contributed by atoms with Gasteiger partial charge in [-0.25, -0.2) is 4.79 Å². The minimum Gasteiger partial charge on any atom is -0.496 e. The van der Waals surface area contributed by atoms with Crippen molar-refractivity contribution in [2.24, 2.45) is 5.92 Å². The third-order valence-corrected chi connectivity index (χ3v) is 8.07. The topological polar surface area (TPSA) is 100 Å². The number of rotatable bonds is 4. The van der Waals surface area contributed by atoms with Gasteiger partial charge >= 0.3 is 5.97 Å². The molecule has 0 radical (unpaired) electrons. The second-order valence-electron chi connectivity index (χ2n) is 9.43. The number of nitrogens with one attached hydrogen (secondary N) is 1. The third-order valence-electron chi connectivity index (χ3n) is 7.46. The summed E-state index contributed by atoms with van der Waals surface area (Å²) in [6.45, 7) is 3.53. The number of allylic oxidation sites excluding steroid dienone is 2. The van der Waals surface area contributed by atoms with Crippen LogP contribution in [-0.2, 0) is 14.3 Å². The second kappa shape index (κ2) is 9.36. The van der Waals surface area contributed by atoms with Gasteiger partial charge in [-0.15, -0.1) is 0 Å². The second-order valence-corrected chi connectivity index (χ2v) is 10.2. The van der Waals surface area contributed by atoms with Crippen LogP contribution in [0.5, 0.6) is 17.2 Å². The molecule has 5 rings (SSSR count). The van der Waals surface area contributed by atoms with Crippen LogP contribution in [0.25, 0.3) is 0 Å². The molecule has 0 fully saturated rings. The van der Waals surface area contributed by atoms with Crippen LogP contribution >= 0.6 is 23.2 Å². The number of esters is 1. The number of hydrogen-bond acceptors (Lipinski definition) is 8. The molecule has 1 N–H and O–H groups in total. The average Bonchev–Trinajstić information content (AvgIpc) is 3.22. The van der Waals surface area contributed by atoms with Gasteiger partial charge in [0, 0.05) is 39.9 Å². The van der Waals surface area contributed by atoms with Crippen molar-refractivity contribution in [3.63, 3.8) is 0 Å². The molecule has 0 amide bonds. The Morgan fingerprint density at radius 3 is 2.32 bits per heavy atom. The Kier molecular flexibility index (Phi) is 6.44. The van der Waals surface area contributed by atoms with Gasteiger partial charge < -0.3 is 24.3 Å². The van der Waals surface area contributed by atoms with Gasteiger partial charge in [0.05, 0.1) is 26.9 Å². The fourth-order valence-electron chi connectivity index (χ4n) is 5.64. The SMILES string of the molecule is COC(=O)C1=C(C)NC2=C(C(=O)[C@@]3(Oc4c(Cl)c(OC)cc(OC)c4C3=O)[C@H](C)C2)C1c1ccc(Cl)cc1. The van der Waals surface area contributed by atoms with Gasteiger partial charge in [0.2, 0.25) is 17.2 Å². The van der Waals surface area contributed by atoms with E-state index < -0.39 is 35.0 Å². The van der Waals surface area contributed by atoms with Gasteiger partial charge in [-0.05, 0) is 31.0 Å². The highest BCUT2D eigenvalue weighted by Gasteiger charge is 2.63. The first-order valence-electron chi connectivity index (χ1n) is 11.9. The van der Waals surface area contributed by atoms with E-state index in [-0.39, 0.29) is 39.0 Å². The lowest BCUT2D eigenvalue weighted by molar-refractivity contribution is -0.136. The number of fused-ring (bicyclic) bond motifs is 1. The summed E-state index contributed by atoms with van der Waals surface area (Å²) in [7, 11) is 4.11. The van der Waals surface area contributed by atoms with Crippen molar-refractivity contribution in [2.45, 2.75) is 31.8 Å². The molecule has 0 saturated carbocycles. The van der Waals surface area contributed by atoms with Crippen LogP contribution in [0.3, 0.4) is 0 Å². The van der Waals surface area contributed by atoms with E-state index in [2.05, 4.69) is 5.32 Å². The molecule has 3 aliphatic rings. The molecule has 2 aromatic carbocycles. The molecule has 198 valence electrons. The van der Waals surface area contributed by atoms with Gasteiger partial charge in [-0.3, -0.25) is 9.59 Å². The molecule has 1 spiro atoms. The van der Waals surface area contributed by atoms with Crippen LogP contribution in [0, 0.1) is 5.92 Å². The van der Waals surface area contributed by atoms with Crippen LogP contribution in [-0.4, -0.2) is 44.5 Å². The monoisotopic (exact) mass is 557 g/mol. The number of dihydropyridines is 1. The number of carbonyl (C=O) groups excluding carboxylic acids is 3. The van der Waals surface area contributed by atoms with E-state index in [1.54, 1.807) is 38.1 Å². The zero-order valence-corrected chi connectivity index (χ0v) is 22.9. The van der Waals surface area contributed by atoms with E-state index in [1.807, 2.05) is 0 Å². The van der Waals surface area contributed by atoms with E-state index in [0.717, 1.165) is 0 Å². The molecule has 2 aromatic rings. The van der Waals surface area contributed by atoms with E-state index >= 15 is 0 Å². The molecular weight excluding hydrogens is 533 g/mol. The minimum absolute atomic E-state index is 0.0313. The van der Waals surface area contributed by atoms with E-state index in [9.17, 15) is 14.4 Å². The van der Waals surface area contributed by atoms with Crippen molar-refractivity contribution >= 4 is 40.7 Å². The summed E-state index contributed by atoms with van der Waals surface area (Å²) >= 11 is 12.7. The molecule has 3 atom stereocenters. The van der Waals surface area contributed by atoms with E-state index in [1.165, 1.54) is 27.4 Å². The number of ketones is 2. The van der Waals surface area contributed by atoms with Gasteiger partial charge in [0.15, 0.2) is 5.75 Å². The predicted octanol–water partition coefficient (Wildman–Crippen LogP) is 5.02. The highest BCUT2D eigenvalue weighted by Crippen LogP contribution is 2.56. The minimum atomic E-state index is -1.91. The average molecular weight is 558 g/mol. The first kappa shape index (κ1) is 26.1. The third kappa shape index (κ3) is 3.54. The molecule has 38 heavy (non-hydrogen) atoms. The Hall–Kier alpha value is -3.49. The van der Waals surface area contributed by atoms with Crippen LogP contribution in [0.15, 0.2) is 52.9 Å². The van der Waals surface area contributed by atoms with Gasteiger partial charge in [0.25, 0.3) is 0 Å². The number of halogens is 2. The number of benzene rings is 2. The largest absolute Gasteiger partial charge is 0.496 e. The fraction of sp³-hybridized carbons (Fsp3) is 0.321. The van der Waals surface area contributed by atoms with Gasteiger partial charge in [-0.2, -0.15) is 0 Å². The molecule has 1 aliphatic carbocycles. The fourth-order valence-corrected chi connectivity index (χ4v) is 6.03. The number of Topliss-reactive ketones (excluding diaryl/α,β-unsaturated/α-hetero) is 2. The molecule has 0 saturated heterocycles. The van der Waals surface area contributed by atoms with Gasteiger partial charge in [-0.1, -0.05) is 42.3 Å². The lowest BCUT2D eigenvalue weighted by Gasteiger charge is -2.42. The van der Waals surface area contributed by atoms with Crippen LogP contribution < -0.4 is 19.5 Å². The molecule has 1 unspecified atom stereocenters. The first-order valence-corrected chi connectivity index (χ1v) is 12.6. The molecule has 10 heteroatoms. The highest BCUT2D eigenvalue weighted by atomic mass is 35.5. The van der Waals surface area contributed by atoms with E-state index in [4.69, 9.17) is 42.1 Å². The predicted molar refractivity (Wildman–Crippen MR) is 140 cm³/mol.